The lowest BCUT2D eigenvalue weighted by Gasteiger charge is -2.17. The maximum Gasteiger partial charge on any atom is 0.188 e. The molecule has 0 saturated carbocycles. The molecule has 1 N–H and O–H groups in total. The molecule has 0 radical (unpaired) electrons. The Hall–Kier alpha value is -1.64. The van der Waals surface area contributed by atoms with E-state index in [1.807, 2.05) is 0 Å². The van der Waals surface area contributed by atoms with Crippen LogP contribution in [0.5, 0.6) is 0 Å². The maximum atomic E-state index is 11.2. The number of carbonyl (C=O) groups excluding carboxylic acids is 2. The molecule has 0 unspecified atom stereocenters. The maximum absolute atomic E-state index is 11.2. The molecule has 0 aromatic carbocycles. The van der Waals surface area contributed by atoms with Gasteiger partial charge in [-0.15, -0.1) is 0 Å². The van der Waals surface area contributed by atoms with Gasteiger partial charge >= 0.3 is 0 Å². The average molecular weight is 161 g/mol. The molecule has 1 aliphatic carbocycles. The van der Waals surface area contributed by atoms with Gasteiger partial charge in [-0.2, -0.15) is 0 Å². The van der Waals surface area contributed by atoms with Crippen LogP contribution in [0.1, 0.15) is 0 Å². The van der Waals surface area contributed by atoms with Crippen molar-refractivity contribution in [1.82, 2.24) is 5.32 Å². The van der Waals surface area contributed by atoms with E-state index in [0.717, 1.165) is 5.70 Å². The Morgan fingerprint density at radius 2 is 2.17 bits per heavy atom. The van der Waals surface area contributed by atoms with E-state index in [1.165, 1.54) is 12.2 Å². The summed E-state index contributed by atoms with van der Waals surface area (Å²) >= 11 is 0. The SMILES string of the molecule is O=C1C=C2C(=O)C=CC=C2NC1. The van der Waals surface area contributed by atoms with Crippen LogP contribution in [0.15, 0.2) is 35.6 Å². The molecule has 0 bridgehead atoms. The lowest BCUT2D eigenvalue weighted by Crippen LogP contribution is -2.30. The van der Waals surface area contributed by atoms with Gasteiger partial charge in [0.05, 0.1) is 6.54 Å². The van der Waals surface area contributed by atoms with Crippen molar-refractivity contribution in [2.75, 3.05) is 6.54 Å². The Morgan fingerprint density at radius 1 is 1.33 bits per heavy atom. The number of fused-ring (bicyclic) bond motifs is 1. The molecule has 0 aromatic rings. The average Bonchev–Trinajstić information content (AvgIpc) is 2.07. The second-order valence-corrected chi connectivity index (χ2v) is 2.68. The monoisotopic (exact) mass is 161 g/mol. The summed E-state index contributed by atoms with van der Waals surface area (Å²) in [5.41, 5.74) is 1.23. The first-order valence-electron chi connectivity index (χ1n) is 3.69. The number of allylic oxidation sites excluding steroid dienone is 4. The van der Waals surface area contributed by atoms with Gasteiger partial charge < -0.3 is 5.32 Å². The molecular weight excluding hydrogens is 154 g/mol. The first-order chi connectivity index (χ1) is 5.77. The Balaban J connectivity index is 2.48. The summed E-state index contributed by atoms with van der Waals surface area (Å²) in [7, 11) is 0. The van der Waals surface area contributed by atoms with E-state index in [0.29, 0.717) is 5.57 Å². The second-order valence-electron chi connectivity index (χ2n) is 2.68. The highest BCUT2D eigenvalue weighted by Gasteiger charge is 2.20. The quantitative estimate of drug-likeness (QED) is 0.548. The lowest BCUT2D eigenvalue weighted by molar-refractivity contribution is -0.115. The zero-order chi connectivity index (χ0) is 8.55. The first-order valence-corrected chi connectivity index (χ1v) is 3.69. The largest absolute Gasteiger partial charge is 0.377 e. The summed E-state index contributed by atoms with van der Waals surface area (Å²) in [4.78, 5) is 22.1. The van der Waals surface area contributed by atoms with E-state index in [9.17, 15) is 9.59 Å². The van der Waals surface area contributed by atoms with Crippen LogP contribution >= 0.6 is 0 Å². The summed E-state index contributed by atoms with van der Waals surface area (Å²) in [5, 5.41) is 2.87. The van der Waals surface area contributed by atoms with Crippen LogP contribution in [0, 0.1) is 0 Å². The van der Waals surface area contributed by atoms with Gasteiger partial charge in [-0.25, -0.2) is 0 Å². The van der Waals surface area contributed by atoms with Gasteiger partial charge in [-0.05, 0) is 18.2 Å². The van der Waals surface area contributed by atoms with Gasteiger partial charge in [0.15, 0.2) is 11.6 Å². The van der Waals surface area contributed by atoms with Crippen molar-refractivity contribution in [3.63, 3.8) is 0 Å². The fourth-order valence-electron chi connectivity index (χ4n) is 1.24. The molecule has 0 fully saturated rings. The smallest absolute Gasteiger partial charge is 0.188 e. The van der Waals surface area contributed by atoms with Gasteiger partial charge in [0.25, 0.3) is 0 Å². The molecule has 60 valence electrons. The topological polar surface area (TPSA) is 46.2 Å². The predicted octanol–water partition coefficient (Wildman–Crippen LogP) is 0.108. The molecule has 2 rings (SSSR count). The minimum absolute atomic E-state index is 0.0502. The van der Waals surface area contributed by atoms with Crippen LogP contribution in [-0.4, -0.2) is 18.1 Å². The van der Waals surface area contributed by atoms with Crippen LogP contribution in [0.2, 0.25) is 0 Å². The van der Waals surface area contributed by atoms with Crippen LogP contribution in [0.3, 0.4) is 0 Å². The molecule has 0 saturated heterocycles. The van der Waals surface area contributed by atoms with E-state index >= 15 is 0 Å². The van der Waals surface area contributed by atoms with E-state index < -0.39 is 0 Å². The van der Waals surface area contributed by atoms with Crippen molar-refractivity contribution in [2.45, 2.75) is 0 Å². The van der Waals surface area contributed by atoms with Gasteiger partial charge in [0.2, 0.25) is 0 Å². The van der Waals surface area contributed by atoms with Crippen LogP contribution in [-0.2, 0) is 9.59 Å². The summed E-state index contributed by atoms with van der Waals surface area (Å²) in [6.45, 7) is 0.288. The number of hydrogen-bond donors (Lipinski definition) is 1. The molecule has 1 heterocycles. The molecule has 0 spiro atoms. The highest BCUT2D eigenvalue weighted by atomic mass is 16.1. The molecule has 3 heteroatoms. The Labute approximate surface area is 69.5 Å². The molecule has 0 atom stereocenters. The van der Waals surface area contributed by atoms with Gasteiger partial charge in [-0.1, -0.05) is 6.08 Å². The minimum atomic E-state index is -0.104. The van der Waals surface area contributed by atoms with Gasteiger partial charge in [0, 0.05) is 11.3 Å². The van der Waals surface area contributed by atoms with E-state index in [4.69, 9.17) is 0 Å². The Kier molecular flexibility index (Phi) is 1.43. The molecule has 3 nitrogen and oxygen atoms in total. The third-order valence-corrected chi connectivity index (χ3v) is 1.82. The lowest BCUT2D eigenvalue weighted by atomic mass is 9.98. The molecular formula is C9H7NO2. The number of nitrogens with one attached hydrogen (secondary N) is 1. The summed E-state index contributed by atoms with van der Waals surface area (Å²) in [6, 6.07) is 0. The molecule has 2 aliphatic rings. The Morgan fingerprint density at radius 3 is 3.00 bits per heavy atom. The second kappa shape index (κ2) is 2.44. The predicted molar refractivity (Wildman–Crippen MR) is 43.3 cm³/mol. The third kappa shape index (κ3) is 0.993. The Bertz CT molecular complexity index is 348. The fourth-order valence-corrected chi connectivity index (χ4v) is 1.24. The van der Waals surface area contributed by atoms with E-state index in [2.05, 4.69) is 5.32 Å². The molecule has 12 heavy (non-hydrogen) atoms. The van der Waals surface area contributed by atoms with Gasteiger partial charge in [0.1, 0.15) is 0 Å². The third-order valence-electron chi connectivity index (χ3n) is 1.82. The highest BCUT2D eigenvalue weighted by molar-refractivity contribution is 6.13. The molecule has 0 amide bonds. The zero-order valence-electron chi connectivity index (χ0n) is 6.33. The number of hydrogen-bond acceptors (Lipinski definition) is 3. The standard InChI is InChI=1S/C9H7NO2/c11-6-4-7-8(10-5-6)2-1-3-9(7)12/h1-4,10H,5H2. The number of ketones is 2. The van der Waals surface area contributed by atoms with Crippen LogP contribution in [0.4, 0.5) is 0 Å². The molecule has 1 aliphatic heterocycles. The fraction of sp³-hybridized carbons (Fsp3) is 0.111. The summed E-state index contributed by atoms with van der Waals surface area (Å²) < 4.78 is 0. The highest BCUT2D eigenvalue weighted by Crippen LogP contribution is 2.16. The van der Waals surface area contributed by atoms with E-state index in [1.54, 1.807) is 12.2 Å². The minimum Gasteiger partial charge on any atom is -0.377 e. The van der Waals surface area contributed by atoms with Gasteiger partial charge in [-0.3, -0.25) is 9.59 Å². The van der Waals surface area contributed by atoms with Crippen LogP contribution < -0.4 is 5.32 Å². The van der Waals surface area contributed by atoms with Crippen molar-refractivity contribution in [1.29, 1.82) is 0 Å². The van der Waals surface area contributed by atoms with Crippen molar-refractivity contribution in [3.05, 3.63) is 35.6 Å². The van der Waals surface area contributed by atoms with Crippen LogP contribution in [0.25, 0.3) is 0 Å². The summed E-state index contributed by atoms with van der Waals surface area (Å²) in [5.74, 6) is -0.154. The number of carbonyl (C=O) groups is 2. The normalized spacial score (nSPS) is 21.0. The first kappa shape index (κ1) is 7.03. The van der Waals surface area contributed by atoms with Crippen molar-refractivity contribution in [2.24, 2.45) is 0 Å². The van der Waals surface area contributed by atoms with Crippen molar-refractivity contribution in [3.8, 4) is 0 Å². The summed E-state index contributed by atoms with van der Waals surface area (Å²) in [6.07, 6.45) is 6.32. The number of rotatable bonds is 0. The van der Waals surface area contributed by atoms with E-state index in [-0.39, 0.29) is 18.1 Å². The van der Waals surface area contributed by atoms with Crippen molar-refractivity contribution >= 4 is 11.6 Å². The van der Waals surface area contributed by atoms with Crippen molar-refractivity contribution < 1.29 is 9.59 Å². The molecule has 0 aromatic heterocycles. The zero-order valence-corrected chi connectivity index (χ0v) is 6.33.